The monoisotopic (exact) mass is 233 g/mol. The van der Waals surface area contributed by atoms with Crippen molar-refractivity contribution in [3.63, 3.8) is 0 Å². The molecule has 2 heteroatoms. The molecule has 0 aliphatic heterocycles. The maximum Gasteiger partial charge on any atom is 0.207 e. The zero-order valence-electron chi connectivity index (χ0n) is 11.2. The summed E-state index contributed by atoms with van der Waals surface area (Å²) in [6.07, 6.45) is 5.36. The summed E-state index contributed by atoms with van der Waals surface area (Å²) in [4.78, 5) is 10.1. The van der Waals surface area contributed by atoms with Crippen LogP contribution in [0.15, 0.2) is 12.1 Å². The van der Waals surface area contributed by atoms with E-state index in [1.54, 1.807) is 0 Å². The number of rotatable bonds is 7. The van der Waals surface area contributed by atoms with Gasteiger partial charge in [-0.2, -0.15) is 0 Å². The molecule has 0 saturated heterocycles. The molecule has 0 radical (unpaired) electrons. The lowest BCUT2D eigenvalue weighted by molar-refractivity contribution is -0.109. The highest BCUT2D eigenvalue weighted by molar-refractivity contribution is 5.45. The summed E-state index contributed by atoms with van der Waals surface area (Å²) in [5.74, 6) is 0. The first-order chi connectivity index (χ1) is 8.16. The van der Waals surface area contributed by atoms with Crippen LogP contribution in [-0.2, 0) is 11.2 Å². The zero-order chi connectivity index (χ0) is 12.7. The minimum Gasteiger partial charge on any atom is -0.359 e. The van der Waals surface area contributed by atoms with Crippen LogP contribution in [0.1, 0.15) is 41.5 Å². The molecule has 0 heterocycles. The number of carbonyl (C=O) groups excluding carboxylic acids is 1. The largest absolute Gasteiger partial charge is 0.359 e. The lowest BCUT2D eigenvalue weighted by atomic mass is 9.95. The Bertz CT molecular complexity index is 371. The minimum atomic E-state index is 0.771. The molecule has 0 saturated carbocycles. The fraction of sp³-hybridized carbons (Fsp3) is 0.533. The zero-order valence-corrected chi connectivity index (χ0v) is 11.2. The number of nitrogens with one attached hydrogen (secondary N) is 1. The van der Waals surface area contributed by atoms with Crippen molar-refractivity contribution in [1.29, 1.82) is 0 Å². The molecule has 2 nitrogen and oxygen atoms in total. The van der Waals surface area contributed by atoms with Gasteiger partial charge in [0.15, 0.2) is 0 Å². The predicted octanol–water partition coefficient (Wildman–Crippen LogP) is 3.07. The van der Waals surface area contributed by atoms with Crippen molar-refractivity contribution in [2.75, 3.05) is 6.54 Å². The molecule has 0 unspecified atom stereocenters. The molecular formula is C15H23NO. The Labute approximate surface area is 104 Å². The number of unbranched alkanes of at least 4 members (excludes halogenated alkanes) is 2. The molecule has 0 aliphatic rings. The third-order valence-electron chi connectivity index (χ3n) is 3.52. The Morgan fingerprint density at radius 2 is 1.82 bits per heavy atom. The van der Waals surface area contributed by atoms with Crippen LogP contribution in [0.5, 0.6) is 0 Å². The molecule has 1 N–H and O–H groups in total. The highest BCUT2D eigenvalue weighted by Crippen LogP contribution is 2.19. The van der Waals surface area contributed by atoms with Gasteiger partial charge in [0.05, 0.1) is 0 Å². The van der Waals surface area contributed by atoms with Crippen LogP contribution < -0.4 is 5.32 Å². The van der Waals surface area contributed by atoms with Crippen molar-refractivity contribution in [3.8, 4) is 0 Å². The molecule has 0 aliphatic carbocycles. The number of amides is 1. The third-order valence-corrected chi connectivity index (χ3v) is 3.52. The van der Waals surface area contributed by atoms with E-state index in [1.165, 1.54) is 35.1 Å². The van der Waals surface area contributed by atoms with Gasteiger partial charge in [0.1, 0.15) is 0 Å². The number of hydrogen-bond acceptors (Lipinski definition) is 1. The van der Waals surface area contributed by atoms with Crippen molar-refractivity contribution in [2.24, 2.45) is 0 Å². The number of carbonyl (C=O) groups is 1. The summed E-state index contributed by atoms with van der Waals surface area (Å²) in [6, 6.07) is 4.47. The lowest BCUT2D eigenvalue weighted by Gasteiger charge is -2.11. The average molecular weight is 233 g/mol. The van der Waals surface area contributed by atoms with Gasteiger partial charge in [-0.3, -0.25) is 4.79 Å². The van der Waals surface area contributed by atoms with Crippen LogP contribution in [0.2, 0.25) is 0 Å². The fourth-order valence-electron chi connectivity index (χ4n) is 2.06. The summed E-state index contributed by atoms with van der Waals surface area (Å²) in [5.41, 5.74) is 5.71. The van der Waals surface area contributed by atoms with Gasteiger partial charge >= 0.3 is 0 Å². The molecule has 0 fully saturated rings. The second-order valence-electron chi connectivity index (χ2n) is 4.67. The van der Waals surface area contributed by atoms with E-state index in [0.29, 0.717) is 0 Å². The van der Waals surface area contributed by atoms with Gasteiger partial charge in [-0.25, -0.2) is 0 Å². The summed E-state index contributed by atoms with van der Waals surface area (Å²) in [6.45, 7) is 7.38. The first-order valence-electron chi connectivity index (χ1n) is 6.39. The summed E-state index contributed by atoms with van der Waals surface area (Å²) in [7, 11) is 0. The fourth-order valence-corrected chi connectivity index (χ4v) is 2.06. The smallest absolute Gasteiger partial charge is 0.207 e. The van der Waals surface area contributed by atoms with E-state index in [9.17, 15) is 4.79 Å². The second-order valence-corrected chi connectivity index (χ2v) is 4.67. The van der Waals surface area contributed by atoms with Crippen LogP contribution in [0.3, 0.4) is 0 Å². The standard InChI is InChI=1S/C15H23NO/c1-12-8-9-15(14(3)13(12)2)7-5-4-6-10-16-11-17/h8-9,11H,4-7,10H2,1-3H3,(H,16,17). The minimum absolute atomic E-state index is 0.771. The van der Waals surface area contributed by atoms with Crippen LogP contribution in [0.25, 0.3) is 0 Å². The molecule has 0 spiro atoms. The van der Waals surface area contributed by atoms with Crippen molar-refractivity contribution in [3.05, 3.63) is 34.4 Å². The maximum atomic E-state index is 10.1. The second kappa shape index (κ2) is 7.10. The summed E-state index contributed by atoms with van der Waals surface area (Å²) >= 11 is 0. The van der Waals surface area contributed by atoms with Crippen LogP contribution in [-0.4, -0.2) is 13.0 Å². The Morgan fingerprint density at radius 3 is 2.53 bits per heavy atom. The van der Waals surface area contributed by atoms with Gasteiger partial charge in [-0.15, -0.1) is 0 Å². The van der Waals surface area contributed by atoms with E-state index in [2.05, 4.69) is 38.2 Å². The molecule has 1 aromatic rings. The van der Waals surface area contributed by atoms with Crippen LogP contribution >= 0.6 is 0 Å². The molecule has 17 heavy (non-hydrogen) atoms. The van der Waals surface area contributed by atoms with Crippen molar-refractivity contribution < 1.29 is 4.79 Å². The molecule has 1 rings (SSSR count). The highest BCUT2D eigenvalue weighted by atomic mass is 16.1. The molecule has 94 valence electrons. The Kier molecular flexibility index (Phi) is 5.75. The first-order valence-corrected chi connectivity index (χ1v) is 6.39. The van der Waals surface area contributed by atoms with E-state index in [1.807, 2.05) is 0 Å². The van der Waals surface area contributed by atoms with Gasteiger partial charge < -0.3 is 5.32 Å². The highest BCUT2D eigenvalue weighted by Gasteiger charge is 2.03. The van der Waals surface area contributed by atoms with Gasteiger partial charge in [0.25, 0.3) is 0 Å². The molecular weight excluding hydrogens is 210 g/mol. The van der Waals surface area contributed by atoms with E-state index < -0.39 is 0 Å². The Morgan fingerprint density at radius 1 is 1.06 bits per heavy atom. The van der Waals surface area contributed by atoms with Crippen molar-refractivity contribution >= 4 is 6.41 Å². The maximum absolute atomic E-state index is 10.1. The SMILES string of the molecule is Cc1ccc(CCCCCNC=O)c(C)c1C. The summed E-state index contributed by atoms with van der Waals surface area (Å²) in [5, 5.41) is 2.69. The Balaban J connectivity index is 2.37. The lowest BCUT2D eigenvalue weighted by Crippen LogP contribution is -2.11. The van der Waals surface area contributed by atoms with E-state index in [-0.39, 0.29) is 0 Å². The summed E-state index contributed by atoms with van der Waals surface area (Å²) < 4.78 is 0. The van der Waals surface area contributed by atoms with E-state index in [4.69, 9.17) is 0 Å². The normalized spacial score (nSPS) is 10.3. The van der Waals surface area contributed by atoms with E-state index >= 15 is 0 Å². The Hall–Kier alpha value is -1.31. The van der Waals surface area contributed by atoms with Crippen LogP contribution in [0.4, 0.5) is 0 Å². The van der Waals surface area contributed by atoms with Crippen molar-refractivity contribution in [1.82, 2.24) is 5.32 Å². The van der Waals surface area contributed by atoms with E-state index in [0.717, 1.165) is 25.8 Å². The molecule has 0 aromatic heterocycles. The number of aryl methyl sites for hydroxylation is 2. The third kappa shape index (κ3) is 4.22. The molecule has 1 aromatic carbocycles. The van der Waals surface area contributed by atoms with Crippen LogP contribution in [0, 0.1) is 20.8 Å². The first kappa shape index (κ1) is 13.8. The molecule has 0 bridgehead atoms. The quantitative estimate of drug-likeness (QED) is 0.569. The number of benzene rings is 1. The number of hydrogen-bond donors (Lipinski definition) is 1. The molecule has 0 atom stereocenters. The van der Waals surface area contributed by atoms with Gasteiger partial charge in [-0.1, -0.05) is 18.6 Å². The molecule has 1 amide bonds. The van der Waals surface area contributed by atoms with Crippen molar-refractivity contribution in [2.45, 2.75) is 46.5 Å². The van der Waals surface area contributed by atoms with Gasteiger partial charge in [0.2, 0.25) is 6.41 Å². The van der Waals surface area contributed by atoms with Gasteiger partial charge in [-0.05, 0) is 62.3 Å². The van der Waals surface area contributed by atoms with Gasteiger partial charge in [0, 0.05) is 6.54 Å². The predicted molar refractivity (Wildman–Crippen MR) is 72.3 cm³/mol. The topological polar surface area (TPSA) is 29.1 Å². The average Bonchev–Trinajstić information content (AvgIpc) is 2.33.